The lowest BCUT2D eigenvalue weighted by atomic mass is 10.1. The van der Waals surface area contributed by atoms with Gasteiger partial charge in [-0.2, -0.15) is 5.10 Å². The van der Waals surface area contributed by atoms with Gasteiger partial charge in [-0.25, -0.2) is 0 Å². The highest BCUT2D eigenvalue weighted by Gasteiger charge is 2.19. The van der Waals surface area contributed by atoms with Gasteiger partial charge in [0.2, 0.25) is 0 Å². The number of rotatable bonds is 2. The number of hydrogen-bond acceptors (Lipinski definition) is 4. The second-order valence-electron chi connectivity index (χ2n) is 4.01. The van der Waals surface area contributed by atoms with Gasteiger partial charge in [0.25, 0.3) is 0 Å². The number of benzene rings is 1. The van der Waals surface area contributed by atoms with Crippen molar-refractivity contribution in [2.75, 3.05) is 12.8 Å². The van der Waals surface area contributed by atoms with E-state index in [1.165, 1.54) is 11.8 Å². The van der Waals surface area contributed by atoms with Gasteiger partial charge < -0.3 is 15.6 Å². The Morgan fingerprint density at radius 2 is 2.11 bits per heavy atom. The predicted molar refractivity (Wildman–Crippen MR) is 71.0 cm³/mol. The Labute approximate surface area is 110 Å². The summed E-state index contributed by atoms with van der Waals surface area (Å²) in [7, 11) is 3.20. The van der Waals surface area contributed by atoms with Gasteiger partial charge in [0.05, 0.1) is 23.4 Å². The van der Waals surface area contributed by atoms with E-state index in [4.69, 9.17) is 22.1 Å². The van der Waals surface area contributed by atoms with E-state index in [1.807, 2.05) is 6.92 Å². The molecule has 0 amide bonds. The monoisotopic (exact) mass is 267 g/mol. The highest BCUT2D eigenvalue weighted by Crippen LogP contribution is 2.43. The molecule has 2 aromatic rings. The molecule has 0 atom stereocenters. The second kappa shape index (κ2) is 4.42. The van der Waals surface area contributed by atoms with E-state index in [9.17, 15) is 5.11 Å². The number of nitrogens with two attached hydrogens (primary N) is 1. The third kappa shape index (κ3) is 1.86. The van der Waals surface area contributed by atoms with E-state index < -0.39 is 0 Å². The van der Waals surface area contributed by atoms with Crippen LogP contribution < -0.4 is 10.5 Å². The molecule has 3 N–H and O–H groups in total. The Morgan fingerprint density at radius 1 is 1.44 bits per heavy atom. The first-order valence-electron chi connectivity index (χ1n) is 5.31. The average molecular weight is 268 g/mol. The highest BCUT2D eigenvalue weighted by atomic mass is 35.5. The molecule has 2 rings (SSSR count). The fraction of sp³-hybridized carbons (Fsp3) is 0.250. The lowest BCUT2D eigenvalue weighted by Crippen LogP contribution is -1.97. The van der Waals surface area contributed by atoms with Crippen LogP contribution in [0.3, 0.4) is 0 Å². The van der Waals surface area contributed by atoms with Gasteiger partial charge in [0, 0.05) is 13.1 Å². The summed E-state index contributed by atoms with van der Waals surface area (Å²) < 4.78 is 6.62. The lowest BCUT2D eigenvalue weighted by molar-refractivity contribution is 0.374. The number of halogens is 1. The van der Waals surface area contributed by atoms with E-state index >= 15 is 0 Å². The van der Waals surface area contributed by atoms with Crippen molar-refractivity contribution < 1.29 is 9.84 Å². The zero-order valence-electron chi connectivity index (χ0n) is 10.4. The van der Waals surface area contributed by atoms with Gasteiger partial charge in [0.1, 0.15) is 5.82 Å². The van der Waals surface area contributed by atoms with Gasteiger partial charge in [-0.3, -0.25) is 4.68 Å². The summed E-state index contributed by atoms with van der Waals surface area (Å²) in [5, 5.41) is 14.8. The molecule has 0 radical (unpaired) electrons. The van der Waals surface area contributed by atoms with Gasteiger partial charge in [0.15, 0.2) is 11.5 Å². The van der Waals surface area contributed by atoms with Crippen molar-refractivity contribution in [3.8, 4) is 22.8 Å². The van der Waals surface area contributed by atoms with Gasteiger partial charge in [-0.05, 0) is 18.6 Å². The van der Waals surface area contributed by atoms with Crippen molar-refractivity contribution >= 4 is 17.4 Å². The zero-order valence-corrected chi connectivity index (χ0v) is 11.1. The van der Waals surface area contributed by atoms with Crippen molar-refractivity contribution in [3.05, 3.63) is 22.7 Å². The van der Waals surface area contributed by atoms with Gasteiger partial charge in [-0.15, -0.1) is 0 Å². The fourth-order valence-corrected chi connectivity index (χ4v) is 1.99. The van der Waals surface area contributed by atoms with E-state index in [-0.39, 0.29) is 5.75 Å². The average Bonchev–Trinajstić information content (AvgIpc) is 2.64. The Morgan fingerprint density at radius 3 is 2.61 bits per heavy atom. The molecule has 5 nitrogen and oxygen atoms in total. The predicted octanol–water partition coefficient (Wildman–Crippen LogP) is 2.35. The smallest absolute Gasteiger partial charge is 0.168 e. The highest BCUT2D eigenvalue weighted by molar-refractivity contribution is 6.34. The lowest BCUT2D eigenvalue weighted by Gasteiger charge is -2.11. The first kappa shape index (κ1) is 12.6. The topological polar surface area (TPSA) is 73.3 Å². The number of phenolic OH excluding ortho intramolecular Hbond substituents is 1. The molecule has 0 aliphatic rings. The number of aromatic hydroxyl groups is 1. The number of phenols is 1. The molecule has 0 aliphatic carbocycles. The molecule has 0 bridgehead atoms. The largest absolute Gasteiger partial charge is 0.504 e. The van der Waals surface area contributed by atoms with Crippen LogP contribution in [0.5, 0.6) is 11.5 Å². The third-order valence-electron chi connectivity index (χ3n) is 2.78. The minimum atomic E-state index is -0.0359. The van der Waals surface area contributed by atoms with Crippen molar-refractivity contribution in [2.24, 2.45) is 7.05 Å². The number of aryl methyl sites for hydroxylation is 2. The van der Waals surface area contributed by atoms with Crippen LogP contribution in [0.4, 0.5) is 5.82 Å². The van der Waals surface area contributed by atoms with E-state index in [0.29, 0.717) is 27.8 Å². The summed E-state index contributed by atoms with van der Waals surface area (Å²) in [5.74, 6) is 0.809. The van der Waals surface area contributed by atoms with E-state index in [0.717, 1.165) is 5.56 Å². The van der Waals surface area contributed by atoms with Crippen LogP contribution in [0, 0.1) is 6.92 Å². The van der Waals surface area contributed by atoms with Crippen LogP contribution in [-0.4, -0.2) is 22.0 Å². The van der Waals surface area contributed by atoms with Crippen molar-refractivity contribution in [1.82, 2.24) is 9.78 Å². The van der Waals surface area contributed by atoms with E-state index in [2.05, 4.69) is 5.10 Å². The number of hydrogen-bond donors (Lipinski definition) is 2. The molecule has 1 aromatic carbocycles. The van der Waals surface area contributed by atoms with Crippen molar-refractivity contribution in [1.29, 1.82) is 0 Å². The third-order valence-corrected chi connectivity index (χ3v) is 3.26. The second-order valence-corrected chi connectivity index (χ2v) is 4.39. The summed E-state index contributed by atoms with van der Waals surface area (Å²) in [4.78, 5) is 0. The van der Waals surface area contributed by atoms with Crippen LogP contribution in [0.25, 0.3) is 11.3 Å². The van der Waals surface area contributed by atoms with Crippen LogP contribution >= 0.6 is 11.6 Å². The molecule has 18 heavy (non-hydrogen) atoms. The Hall–Kier alpha value is -1.88. The minimum absolute atomic E-state index is 0.0359. The normalized spacial score (nSPS) is 10.7. The standard InChI is InChI=1S/C12H14ClN3O2/c1-6-4-8(18-3)12(17)10(11(6)13)7-5-9(14)16(2)15-7/h4-5,17H,14H2,1-3H3. The maximum absolute atomic E-state index is 10.1. The first-order valence-corrected chi connectivity index (χ1v) is 5.69. The Kier molecular flexibility index (Phi) is 3.09. The summed E-state index contributed by atoms with van der Waals surface area (Å²) in [6.45, 7) is 1.83. The molecule has 6 heteroatoms. The maximum Gasteiger partial charge on any atom is 0.168 e. The Bertz CT molecular complexity index is 588. The number of methoxy groups -OCH3 is 1. The minimum Gasteiger partial charge on any atom is -0.504 e. The zero-order chi connectivity index (χ0) is 13.4. The molecular formula is C12H14ClN3O2. The molecule has 0 saturated carbocycles. The molecule has 0 fully saturated rings. The van der Waals surface area contributed by atoms with Crippen LogP contribution in [0.15, 0.2) is 12.1 Å². The number of nitrogens with zero attached hydrogens (tertiary/aromatic N) is 2. The number of anilines is 1. The van der Waals surface area contributed by atoms with Gasteiger partial charge in [-0.1, -0.05) is 11.6 Å². The summed E-state index contributed by atoms with van der Waals surface area (Å²) in [6, 6.07) is 3.33. The molecule has 0 saturated heterocycles. The number of aromatic nitrogens is 2. The summed E-state index contributed by atoms with van der Waals surface area (Å²) in [5.41, 5.74) is 7.47. The van der Waals surface area contributed by atoms with Crippen LogP contribution in [0.1, 0.15) is 5.56 Å². The van der Waals surface area contributed by atoms with E-state index in [1.54, 1.807) is 19.2 Å². The van der Waals surface area contributed by atoms with Crippen LogP contribution in [-0.2, 0) is 7.05 Å². The fourth-order valence-electron chi connectivity index (χ4n) is 1.75. The number of ether oxygens (including phenoxy) is 1. The quantitative estimate of drug-likeness (QED) is 0.876. The summed E-state index contributed by atoms with van der Waals surface area (Å²) >= 11 is 6.22. The Balaban J connectivity index is 2.73. The van der Waals surface area contributed by atoms with Crippen molar-refractivity contribution in [3.63, 3.8) is 0 Å². The molecule has 0 spiro atoms. The SMILES string of the molecule is COc1cc(C)c(Cl)c(-c2cc(N)n(C)n2)c1O. The van der Waals surface area contributed by atoms with Crippen LogP contribution in [0.2, 0.25) is 5.02 Å². The number of nitrogen functional groups attached to an aromatic ring is 1. The molecule has 96 valence electrons. The van der Waals surface area contributed by atoms with Gasteiger partial charge >= 0.3 is 0 Å². The van der Waals surface area contributed by atoms with Crippen molar-refractivity contribution in [2.45, 2.75) is 6.92 Å². The molecule has 1 aromatic heterocycles. The molecule has 0 aliphatic heterocycles. The maximum atomic E-state index is 10.1. The first-order chi connectivity index (χ1) is 8.45. The summed E-state index contributed by atoms with van der Waals surface area (Å²) in [6.07, 6.45) is 0. The molecule has 1 heterocycles. The molecular weight excluding hydrogens is 254 g/mol. The molecule has 0 unspecified atom stereocenters.